The monoisotopic (exact) mass is 313 g/mol. The van der Waals surface area contributed by atoms with Crippen molar-refractivity contribution >= 4 is 5.91 Å². The molecule has 1 N–H and O–H groups in total. The molecule has 0 saturated carbocycles. The Bertz CT molecular complexity index is 695. The van der Waals surface area contributed by atoms with Crippen molar-refractivity contribution in [3.63, 3.8) is 0 Å². The Morgan fingerprint density at radius 3 is 2.61 bits per heavy atom. The zero-order chi connectivity index (χ0) is 16.8. The molecule has 0 aliphatic rings. The van der Waals surface area contributed by atoms with Gasteiger partial charge in [0.2, 0.25) is 0 Å². The van der Waals surface area contributed by atoms with Crippen LogP contribution in [-0.4, -0.2) is 13.0 Å². The third kappa shape index (κ3) is 4.19. The maximum Gasteiger partial charge on any atom is 0.251 e. The molecule has 2 aromatic carbocycles. The van der Waals surface area contributed by atoms with E-state index < -0.39 is 0 Å². The summed E-state index contributed by atoms with van der Waals surface area (Å²) in [5.74, 6) is 0.249. The molecule has 0 fully saturated rings. The van der Waals surface area contributed by atoms with Gasteiger partial charge < -0.3 is 10.1 Å². The van der Waals surface area contributed by atoms with Crippen LogP contribution in [0.15, 0.2) is 55.1 Å². The van der Waals surface area contributed by atoms with Crippen LogP contribution in [0.4, 0.5) is 4.39 Å². The van der Waals surface area contributed by atoms with E-state index in [1.165, 1.54) is 12.1 Å². The summed E-state index contributed by atoms with van der Waals surface area (Å²) in [5.41, 5.74) is 2.31. The van der Waals surface area contributed by atoms with Crippen molar-refractivity contribution in [2.24, 2.45) is 0 Å². The topological polar surface area (TPSA) is 38.3 Å². The van der Waals surface area contributed by atoms with Crippen LogP contribution in [0.5, 0.6) is 5.75 Å². The van der Waals surface area contributed by atoms with Crippen molar-refractivity contribution in [2.75, 3.05) is 7.11 Å². The Labute approximate surface area is 135 Å². The number of rotatable bonds is 6. The van der Waals surface area contributed by atoms with Gasteiger partial charge in [0, 0.05) is 5.56 Å². The minimum Gasteiger partial charge on any atom is -0.496 e. The Morgan fingerprint density at radius 2 is 2.00 bits per heavy atom. The molecule has 2 rings (SSSR count). The number of hydrogen-bond donors (Lipinski definition) is 1. The second kappa shape index (κ2) is 7.58. The van der Waals surface area contributed by atoms with Gasteiger partial charge >= 0.3 is 0 Å². The quantitative estimate of drug-likeness (QED) is 0.817. The third-order valence-corrected chi connectivity index (χ3v) is 3.62. The van der Waals surface area contributed by atoms with Gasteiger partial charge in [-0.05, 0) is 54.8 Å². The highest BCUT2D eigenvalue weighted by atomic mass is 19.1. The minimum atomic E-state index is -0.295. The molecule has 23 heavy (non-hydrogen) atoms. The van der Waals surface area contributed by atoms with Crippen molar-refractivity contribution in [3.05, 3.63) is 77.6 Å². The lowest BCUT2D eigenvalue weighted by Gasteiger charge is -2.15. The Balaban J connectivity index is 2.15. The summed E-state index contributed by atoms with van der Waals surface area (Å²) in [5, 5.41) is 2.91. The SMILES string of the molecule is C=CCc1cc(C(=O)NC(C)c2ccc(F)cc2)ccc1OC. The number of carbonyl (C=O) groups is 1. The van der Waals surface area contributed by atoms with Crippen molar-refractivity contribution in [2.45, 2.75) is 19.4 Å². The zero-order valence-electron chi connectivity index (χ0n) is 13.3. The van der Waals surface area contributed by atoms with E-state index in [1.807, 2.05) is 6.92 Å². The molecule has 2 aromatic rings. The summed E-state index contributed by atoms with van der Waals surface area (Å²) in [7, 11) is 1.60. The normalized spacial score (nSPS) is 11.6. The first-order valence-corrected chi connectivity index (χ1v) is 7.39. The number of ether oxygens (including phenoxy) is 1. The van der Waals surface area contributed by atoms with Crippen LogP contribution < -0.4 is 10.1 Å². The van der Waals surface area contributed by atoms with Gasteiger partial charge in [-0.25, -0.2) is 4.39 Å². The average molecular weight is 313 g/mol. The smallest absolute Gasteiger partial charge is 0.251 e. The van der Waals surface area contributed by atoms with E-state index in [2.05, 4.69) is 11.9 Å². The van der Waals surface area contributed by atoms with Crippen molar-refractivity contribution in [1.29, 1.82) is 0 Å². The van der Waals surface area contributed by atoms with E-state index >= 15 is 0 Å². The first-order chi connectivity index (χ1) is 11.0. The number of halogens is 1. The molecule has 0 heterocycles. The standard InChI is InChI=1S/C19H20FNO2/c1-4-5-15-12-16(8-11-18(15)23-3)19(22)21-13(2)14-6-9-17(20)10-7-14/h4,6-13H,1,5H2,2-3H3,(H,21,22). The fourth-order valence-electron chi connectivity index (χ4n) is 2.35. The fourth-order valence-corrected chi connectivity index (χ4v) is 2.35. The summed E-state index contributed by atoms with van der Waals surface area (Å²) < 4.78 is 18.2. The lowest BCUT2D eigenvalue weighted by Crippen LogP contribution is -2.26. The molecule has 1 atom stereocenters. The molecule has 0 radical (unpaired) electrons. The lowest BCUT2D eigenvalue weighted by molar-refractivity contribution is 0.0939. The maximum absolute atomic E-state index is 13.0. The van der Waals surface area contributed by atoms with Crippen LogP contribution in [0.25, 0.3) is 0 Å². The number of allylic oxidation sites excluding steroid dienone is 1. The Kier molecular flexibility index (Phi) is 5.52. The van der Waals surface area contributed by atoms with E-state index in [-0.39, 0.29) is 17.8 Å². The third-order valence-electron chi connectivity index (χ3n) is 3.62. The van der Waals surface area contributed by atoms with Gasteiger partial charge in [0.25, 0.3) is 5.91 Å². The van der Waals surface area contributed by atoms with Gasteiger partial charge in [-0.1, -0.05) is 18.2 Å². The fraction of sp³-hybridized carbons (Fsp3) is 0.211. The van der Waals surface area contributed by atoms with Gasteiger partial charge in [-0.3, -0.25) is 4.79 Å². The van der Waals surface area contributed by atoms with Gasteiger partial charge in [-0.2, -0.15) is 0 Å². The lowest BCUT2D eigenvalue weighted by atomic mass is 10.0. The maximum atomic E-state index is 13.0. The van der Waals surface area contributed by atoms with Crippen molar-refractivity contribution < 1.29 is 13.9 Å². The highest BCUT2D eigenvalue weighted by molar-refractivity contribution is 5.94. The summed E-state index contributed by atoms with van der Waals surface area (Å²) >= 11 is 0. The molecule has 0 bridgehead atoms. The molecule has 0 saturated heterocycles. The van der Waals surface area contributed by atoms with E-state index in [4.69, 9.17) is 4.74 Å². The van der Waals surface area contributed by atoms with Crippen molar-refractivity contribution in [3.8, 4) is 5.75 Å². The molecule has 0 aliphatic carbocycles. The first-order valence-electron chi connectivity index (χ1n) is 7.39. The van der Waals surface area contributed by atoms with Gasteiger partial charge in [0.1, 0.15) is 11.6 Å². The van der Waals surface area contributed by atoms with Crippen molar-refractivity contribution in [1.82, 2.24) is 5.32 Å². The number of amides is 1. The molecular formula is C19H20FNO2. The number of hydrogen-bond acceptors (Lipinski definition) is 2. The van der Waals surface area contributed by atoms with Crippen LogP contribution in [0.3, 0.4) is 0 Å². The Morgan fingerprint density at radius 1 is 1.30 bits per heavy atom. The summed E-state index contributed by atoms with van der Waals surface area (Å²) in [6, 6.07) is 11.2. The second-order valence-electron chi connectivity index (χ2n) is 5.27. The minimum absolute atomic E-state index is 0.185. The van der Waals surface area contributed by atoms with E-state index in [0.29, 0.717) is 12.0 Å². The second-order valence-corrected chi connectivity index (χ2v) is 5.27. The molecular weight excluding hydrogens is 293 g/mol. The van der Waals surface area contributed by atoms with Crippen LogP contribution in [0.1, 0.15) is 34.5 Å². The molecule has 0 aliphatic heterocycles. The number of methoxy groups -OCH3 is 1. The molecule has 0 aromatic heterocycles. The van der Waals surface area contributed by atoms with Crippen LogP contribution >= 0.6 is 0 Å². The van der Waals surface area contributed by atoms with Gasteiger partial charge in [-0.15, -0.1) is 6.58 Å². The molecule has 120 valence electrons. The number of nitrogens with one attached hydrogen (secondary N) is 1. The molecule has 0 spiro atoms. The zero-order valence-corrected chi connectivity index (χ0v) is 13.3. The van der Waals surface area contributed by atoms with Crippen LogP contribution in [0.2, 0.25) is 0 Å². The van der Waals surface area contributed by atoms with E-state index in [9.17, 15) is 9.18 Å². The predicted octanol–water partition coefficient (Wildman–Crippen LogP) is 4.05. The predicted molar refractivity (Wildman–Crippen MR) is 89.2 cm³/mol. The van der Waals surface area contributed by atoms with Crippen LogP contribution in [-0.2, 0) is 6.42 Å². The van der Waals surface area contributed by atoms with E-state index in [1.54, 1.807) is 43.5 Å². The van der Waals surface area contributed by atoms with Gasteiger partial charge in [0.15, 0.2) is 0 Å². The molecule has 4 heteroatoms. The summed E-state index contributed by atoms with van der Waals surface area (Å²) in [6.45, 7) is 5.57. The number of carbonyl (C=O) groups excluding carboxylic acids is 1. The highest BCUT2D eigenvalue weighted by Gasteiger charge is 2.13. The van der Waals surface area contributed by atoms with Gasteiger partial charge in [0.05, 0.1) is 13.2 Å². The largest absolute Gasteiger partial charge is 0.496 e. The van der Waals surface area contributed by atoms with E-state index in [0.717, 1.165) is 16.9 Å². The Hall–Kier alpha value is -2.62. The summed E-state index contributed by atoms with van der Waals surface area (Å²) in [6.07, 6.45) is 2.39. The molecule has 3 nitrogen and oxygen atoms in total. The number of benzene rings is 2. The molecule has 1 unspecified atom stereocenters. The molecule has 1 amide bonds. The van der Waals surface area contributed by atoms with Crippen LogP contribution in [0, 0.1) is 5.82 Å². The highest BCUT2D eigenvalue weighted by Crippen LogP contribution is 2.21. The average Bonchev–Trinajstić information content (AvgIpc) is 2.55. The first kappa shape index (κ1) is 16.7. The summed E-state index contributed by atoms with van der Waals surface area (Å²) in [4.78, 5) is 12.4.